The lowest BCUT2D eigenvalue weighted by Gasteiger charge is -2.26. The fourth-order valence-electron chi connectivity index (χ4n) is 4.36. The molecular weight excluding hydrogens is 348 g/mol. The molecule has 0 aromatic rings. The zero-order valence-electron chi connectivity index (χ0n) is 16.1. The van der Waals surface area contributed by atoms with Crippen LogP contribution in [0.1, 0.15) is 45.4 Å². The highest BCUT2D eigenvalue weighted by atomic mass is 16.5. The molecule has 1 aliphatic heterocycles. The number of rotatable bonds is 2. The lowest BCUT2D eigenvalue weighted by Crippen LogP contribution is -2.50. The highest BCUT2D eigenvalue weighted by Gasteiger charge is 2.62. The highest BCUT2D eigenvalue weighted by Crippen LogP contribution is 2.47. The predicted molar refractivity (Wildman–Crippen MR) is 98.5 cm³/mol. The lowest BCUT2D eigenvalue weighted by atomic mass is 9.93. The zero-order chi connectivity index (χ0) is 19.6. The molecule has 0 radical (unpaired) electrons. The molecule has 150 valence electrons. The van der Waals surface area contributed by atoms with E-state index in [1.54, 1.807) is 18.9 Å². The summed E-state index contributed by atoms with van der Waals surface area (Å²) in [5.41, 5.74) is -1.03. The van der Waals surface area contributed by atoms with Crippen LogP contribution in [0.15, 0.2) is 12.2 Å². The van der Waals surface area contributed by atoms with E-state index < -0.39 is 29.4 Å². The van der Waals surface area contributed by atoms with Crippen LogP contribution < -0.4 is 5.32 Å². The maximum atomic E-state index is 13.0. The molecule has 0 bridgehead atoms. The van der Waals surface area contributed by atoms with Crippen LogP contribution in [0.2, 0.25) is 0 Å². The first-order valence-electron chi connectivity index (χ1n) is 9.98. The Morgan fingerprint density at radius 2 is 2.07 bits per heavy atom. The Labute approximate surface area is 160 Å². The number of ether oxygens (including phenoxy) is 1. The van der Waals surface area contributed by atoms with Crippen LogP contribution in [0.5, 0.6) is 0 Å². The maximum Gasteiger partial charge on any atom is 0.332 e. The van der Waals surface area contributed by atoms with Gasteiger partial charge in [-0.05, 0) is 45.4 Å². The Balaban J connectivity index is 1.85. The fraction of sp³-hybridized carbons (Fsp3) is 0.750. The average Bonchev–Trinajstić information content (AvgIpc) is 3.18. The molecule has 2 amide bonds. The fourth-order valence-corrected chi connectivity index (χ4v) is 4.36. The van der Waals surface area contributed by atoms with Crippen LogP contribution in [-0.4, -0.2) is 59.6 Å². The predicted octanol–water partition coefficient (Wildman–Crippen LogP) is 1.01. The molecule has 0 unspecified atom stereocenters. The number of nitrogens with zero attached hydrogens (tertiary/aromatic N) is 1. The van der Waals surface area contributed by atoms with Gasteiger partial charge in [0.15, 0.2) is 0 Å². The lowest BCUT2D eigenvalue weighted by molar-refractivity contribution is -0.150. The number of allylic oxidation sites excluding steroid dienone is 1. The van der Waals surface area contributed by atoms with E-state index in [0.717, 1.165) is 19.3 Å². The van der Waals surface area contributed by atoms with E-state index in [9.17, 15) is 19.5 Å². The second-order valence-electron chi connectivity index (χ2n) is 8.01. The summed E-state index contributed by atoms with van der Waals surface area (Å²) in [5.74, 6) is -2.09. The third-order valence-electron chi connectivity index (χ3n) is 6.05. The second-order valence-corrected chi connectivity index (χ2v) is 8.01. The van der Waals surface area contributed by atoms with Crippen molar-refractivity contribution in [3.05, 3.63) is 12.2 Å². The van der Waals surface area contributed by atoms with Crippen molar-refractivity contribution in [1.29, 1.82) is 0 Å². The quantitative estimate of drug-likeness (QED) is 0.552. The third kappa shape index (κ3) is 4.03. The van der Waals surface area contributed by atoms with Crippen LogP contribution in [0, 0.1) is 17.8 Å². The summed E-state index contributed by atoms with van der Waals surface area (Å²) in [6, 6.07) is 0. The Morgan fingerprint density at radius 1 is 1.33 bits per heavy atom. The van der Waals surface area contributed by atoms with Crippen molar-refractivity contribution >= 4 is 17.8 Å². The molecule has 0 saturated heterocycles. The number of aliphatic hydroxyl groups is 1. The summed E-state index contributed by atoms with van der Waals surface area (Å²) in [6.07, 6.45) is 7.13. The van der Waals surface area contributed by atoms with Crippen molar-refractivity contribution in [2.24, 2.45) is 17.8 Å². The van der Waals surface area contributed by atoms with Gasteiger partial charge in [-0.25, -0.2) is 4.79 Å². The third-order valence-corrected chi connectivity index (χ3v) is 6.05. The zero-order valence-corrected chi connectivity index (χ0v) is 16.1. The van der Waals surface area contributed by atoms with E-state index >= 15 is 0 Å². The Kier molecular flexibility index (Phi) is 5.89. The number of esters is 1. The largest absolute Gasteiger partial charge is 0.464 e. The van der Waals surface area contributed by atoms with E-state index in [1.807, 2.05) is 12.2 Å². The smallest absolute Gasteiger partial charge is 0.332 e. The molecule has 2 aliphatic carbocycles. The van der Waals surface area contributed by atoms with E-state index in [1.165, 1.54) is 0 Å². The number of hydrogen-bond donors (Lipinski definition) is 2. The molecule has 0 aromatic heterocycles. The van der Waals surface area contributed by atoms with Gasteiger partial charge in [0, 0.05) is 19.5 Å². The first-order valence-corrected chi connectivity index (χ1v) is 9.98. The van der Waals surface area contributed by atoms with Gasteiger partial charge >= 0.3 is 5.97 Å². The minimum Gasteiger partial charge on any atom is -0.464 e. The van der Waals surface area contributed by atoms with Crippen LogP contribution in [0.4, 0.5) is 0 Å². The SMILES string of the molecule is CCOC(=O)[C@@]12C[C@H]1/C=C\CCCCN(C)C(=O)[C@@H]1C[C@H](O)C[C@H]1C(=O)N2. The molecule has 7 heteroatoms. The molecule has 3 aliphatic rings. The van der Waals surface area contributed by atoms with Crippen molar-refractivity contribution in [1.82, 2.24) is 10.2 Å². The summed E-state index contributed by atoms with van der Waals surface area (Å²) >= 11 is 0. The molecule has 0 aromatic carbocycles. The molecule has 2 saturated carbocycles. The average molecular weight is 378 g/mol. The van der Waals surface area contributed by atoms with Gasteiger partial charge < -0.3 is 20.1 Å². The number of nitrogens with one attached hydrogen (secondary N) is 1. The van der Waals surface area contributed by atoms with Gasteiger partial charge in [-0.2, -0.15) is 0 Å². The minimum atomic E-state index is -1.03. The number of amides is 2. The first-order chi connectivity index (χ1) is 12.9. The standard InChI is InChI=1S/C20H30N2O5/c1-3-27-19(26)20-12-13(20)8-6-4-5-7-9-22(2)18(25)16-11-14(23)10-15(16)17(24)21-20/h6,8,13-16,23H,3-5,7,9-12H2,1-2H3,(H,21,24)/b8-6-/t13-,14-,15-,16-,20-/m1/s1. The van der Waals surface area contributed by atoms with E-state index in [4.69, 9.17) is 4.74 Å². The summed E-state index contributed by atoms with van der Waals surface area (Å²) in [4.78, 5) is 40.0. The molecule has 0 spiro atoms. The van der Waals surface area contributed by atoms with Gasteiger partial charge in [-0.3, -0.25) is 9.59 Å². The van der Waals surface area contributed by atoms with Gasteiger partial charge in [0.05, 0.1) is 24.5 Å². The van der Waals surface area contributed by atoms with Crippen LogP contribution >= 0.6 is 0 Å². The molecule has 7 nitrogen and oxygen atoms in total. The van der Waals surface area contributed by atoms with Crippen molar-refractivity contribution in [2.75, 3.05) is 20.2 Å². The van der Waals surface area contributed by atoms with E-state index in [0.29, 0.717) is 13.0 Å². The molecule has 5 atom stereocenters. The maximum absolute atomic E-state index is 13.0. The highest BCUT2D eigenvalue weighted by molar-refractivity contribution is 5.95. The number of aliphatic hydroxyl groups excluding tert-OH is 1. The number of fused-ring (bicyclic) bond motifs is 2. The Bertz CT molecular complexity index is 634. The Hall–Kier alpha value is -1.89. The number of carbonyl (C=O) groups is 3. The van der Waals surface area contributed by atoms with Gasteiger partial charge in [0.25, 0.3) is 0 Å². The van der Waals surface area contributed by atoms with Gasteiger partial charge in [-0.1, -0.05) is 12.2 Å². The van der Waals surface area contributed by atoms with Gasteiger partial charge in [0.1, 0.15) is 5.54 Å². The monoisotopic (exact) mass is 378 g/mol. The van der Waals surface area contributed by atoms with Crippen molar-refractivity contribution in [2.45, 2.75) is 57.1 Å². The van der Waals surface area contributed by atoms with Gasteiger partial charge in [-0.15, -0.1) is 0 Å². The molecular formula is C20H30N2O5. The van der Waals surface area contributed by atoms with Crippen molar-refractivity contribution in [3.63, 3.8) is 0 Å². The van der Waals surface area contributed by atoms with Gasteiger partial charge in [0.2, 0.25) is 11.8 Å². The summed E-state index contributed by atoms with van der Waals surface area (Å²) < 4.78 is 5.20. The van der Waals surface area contributed by atoms with Crippen LogP contribution in [-0.2, 0) is 19.1 Å². The molecule has 2 fully saturated rings. The summed E-state index contributed by atoms with van der Waals surface area (Å²) in [5, 5.41) is 13.0. The number of carbonyl (C=O) groups excluding carboxylic acids is 3. The van der Waals surface area contributed by atoms with E-state index in [2.05, 4.69) is 5.32 Å². The summed E-state index contributed by atoms with van der Waals surface area (Å²) in [7, 11) is 1.75. The van der Waals surface area contributed by atoms with Crippen molar-refractivity contribution < 1.29 is 24.2 Å². The second kappa shape index (κ2) is 8.00. The molecule has 2 N–H and O–H groups in total. The normalized spacial score (nSPS) is 38.3. The van der Waals surface area contributed by atoms with E-state index in [-0.39, 0.29) is 37.2 Å². The molecule has 27 heavy (non-hydrogen) atoms. The van der Waals surface area contributed by atoms with Crippen LogP contribution in [0.25, 0.3) is 0 Å². The topological polar surface area (TPSA) is 95.9 Å². The first kappa shape index (κ1) is 19.9. The van der Waals surface area contributed by atoms with Crippen molar-refractivity contribution in [3.8, 4) is 0 Å². The molecule has 1 heterocycles. The van der Waals surface area contributed by atoms with Crippen LogP contribution in [0.3, 0.4) is 0 Å². The number of hydrogen-bond acceptors (Lipinski definition) is 5. The molecule has 3 rings (SSSR count). The minimum absolute atomic E-state index is 0.0772. The Morgan fingerprint density at radius 3 is 2.81 bits per heavy atom. The summed E-state index contributed by atoms with van der Waals surface area (Å²) in [6.45, 7) is 2.63.